The zero-order valence-electron chi connectivity index (χ0n) is 10.1. The average Bonchev–Trinajstić information content (AvgIpc) is 2.20. The summed E-state index contributed by atoms with van der Waals surface area (Å²) in [5, 5.41) is 0. The van der Waals surface area contributed by atoms with E-state index in [0.717, 1.165) is 17.8 Å². The van der Waals surface area contributed by atoms with E-state index in [4.69, 9.17) is 5.73 Å². The maximum absolute atomic E-state index is 6.21. The summed E-state index contributed by atoms with van der Waals surface area (Å²) in [6.45, 7) is 6.96. The standard InChI is InChI=1S/C13H27N/c1-4-6-11-7-8-13(14)12(9-11)10(3)5-2/h10-13H,4-9,14H2,1-3H3. The van der Waals surface area contributed by atoms with Crippen molar-refractivity contribution in [3.8, 4) is 0 Å². The van der Waals surface area contributed by atoms with Crippen LogP contribution in [0, 0.1) is 17.8 Å². The Labute approximate surface area is 89.5 Å². The molecule has 84 valence electrons. The van der Waals surface area contributed by atoms with Crippen molar-refractivity contribution in [2.75, 3.05) is 0 Å². The molecule has 1 nitrogen and oxygen atoms in total. The zero-order valence-corrected chi connectivity index (χ0v) is 10.1. The van der Waals surface area contributed by atoms with Crippen molar-refractivity contribution in [1.82, 2.24) is 0 Å². The molecule has 1 saturated carbocycles. The monoisotopic (exact) mass is 197 g/mol. The van der Waals surface area contributed by atoms with Crippen LogP contribution in [0.4, 0.5) is 0 Å². The van der Waals surface area contributed by atoms with E-state index < -0.39 is 0 Å². The van der Waals surface area contributed by atoms with E-state index in [9.17, 15) is 0 Å². The summed E-state index contributed by atoms with van der Waals surface area (Å²) in [6, 6.07) is 0.484. The lowest BCUT2D eigenvalue weighted by molar-refractivity contribution is 0.166. The van der Waals surface area contributed by atoms with E-state index in [0.29, 0.717) is 6.04 Å². The third-order valence-electron chi connectivity index (χ3n) is 4.14. The minimum Gasteiger partial charge on any atom is -0.327 e. The SMILES string of the molecule is CCCC1CCC(N)C(C(C)CC)C1. The molecule has 0 bridgehead atoms. The van der Waals surface area contributed by atoms with Gasteiger partial charge < -0.3 is 5.73 Å². The lowest BCUT2D eigenvalue weighted by Crippen LogP contribution is -2.39. The molecule has 0 aromatic carbocycles. The summed E-state index contributed by atoms with van der Waals surface area (Å²) in [5.41, 5.74) is 6.21. The minimum atomic E-state index is 0.484. The second kappa shape index (κ2) is 5.75. The molecular weight excluding hydrogens is 170 g/mol. The Hall–Kier alpha value is -0.0400. The average molecular weight is 197 g/mol. The molecule has 1 aliphatic carbocycles. The van der Waals surface area contributed by atoms with Gasteiger partial charge in [0.1, 0.15) is 0 Å². The second-order valence-electron chi connectivity index (χ2n) is 5.18. The largest absolute Gasteiger partial charge is 0.327 e. The highest BCUT2D eigenvalue weighted by atomic mass is 14.7. The summed E-state index contributed by atoms with van der Waals surface area (Å²) in [4.78, 5) is 0. The minimum absolute atomic E-state index is 0.484. The van der Waals surface area contributed by atoms with E-state index in [1.54, 1.807) is 0 Å². The molecule has 0 radical (unpaired) electrons. The van der Waals surface area contributed by atoms with E-state index in [2.05, 4.69) is 20.8 Å². The molecule has 0 aromatic heterocycles. The van der Waals surface area contributed by atoms with Crippen LogP contribution >= 0.6 is 0 Å². The first-order chi connectivity index (χ1) is 6.69. The van der Waals surface area contributed by atoms with E-state index in [1.165, 1.54) is 38.5 Å². The Morgan fingerprint density at radius 1 is 1.29 bits per heavy atom. The molecule has 1 aliphatic rings. The Morgan fingerprint density at radius 2 is 2.00 bits per heavy atom. The maximum Gasteiger partial charge on any atom is 0.00699 e. The van der Waals surface area contributed by atoms with Gasteiger partial charge in [-0.15, -0.1) is 0 Å². The fraction of sp³-hybridized carbons (Fsp3) is 1.00. The summed E-state index contributed by atoms with van der Waals surface area (Å²) >= 11 is 0. The predicted octanol–water partition coefficient (Wildman–Crippen LogP) is 3.58. The molecular formula is C13H27N. The fourth-order valence-electron chi connectivity index (χ4n) is 2.95. The van der Waals surface area contributed by atoms with Gasteiger partial charge >= 0.3 is 0 Å². The first-order valence-electron chi connectivity index (χ1n) is 6.44. The summed E-state index contributed by atoms with van der Waals surface area (Å²) < 4.78 is 0. The molecule has 0 heterocycles. The van der Waals surface area contributed by atoms with Crippen molar-refractivity contribution in [3.05, 3.63) is 0 Å². The molecule has 0 aliphatic heterocycles. The van der Waals surface area contributed by atoms with Gasteiger partial charge in [0.2, 0.25) is 0 Å². The highest BCUT2D eigenvalue weighted by molar-refractivity contribution is 4.84. The van der Waals surface area contributed by atoms with Crippen LogP contribution in [0.15, 0.2) is 0 Å². The quantitative estimate of drug-likeness (QED) is 0.732. The number of rotatable bonds is 4. The van der Waals surface area contributed by atoms with Gasteiger partial charge in [0.05, 0.1) is 0 Å². The smallest absolute Gasteiger partial charge is 0.00699 e. The highest BCUT2D eigenvalue weighted by Crippen LogP contribution is 2.36. The van der Waals surface area contributed by atoms with Crippen LogP contribution in [0.2, 0.25) is 0 Å². The van der Waals surface area contributed by atoms with E-state index in [-0.39, 0.29) is 0 Å². The maximum atomic E-state index is 6.21. The van der Waals surface area contributed by atoms with Crippen molar-refractivity contribution in [2.24, 2.45) is 23.5 Å². The number of nitrogens with two attached hydrogens (primary N) is 1. The third-order valence-corrected chi connectivity index (χ3v) is 4.14. The highest BCUT2D eigenvalue weighted by Gasteiger charge is 2.30. The van der Waals surface area contributed by atoms with Gasteiger partial charge in [0.25, 0.3) is 0 Å². The van der Waals surface area contributed by atoms with E-state index >= 15 is 0 Å². The van der Waals surface area contributed by atoms with Gasteiger partial charge in [0, 0.05) is 6.04 Å². The lowest BCUT2D eigenvalue weighted by Gasteiger charge is -2.37. The molecule has 4 unspecified atom stereocenters. The molecule has 14 heavy (non-hydrogen) atoms. The Bertz CT molecular complexity index is 151. The van der Waals surface area contributed by atoms with Crippen molar-refractivity contribution >= 4 is 0 Å². The van der Waals surface area contributed by atoms with Crippen LogP contribution in [-0.4, -0.2) is 6.04 Å². The molecule has 4 atom stereocenters. The zero-order chi connectivity index (χ0) is 10.6. The van der Waals surface area contributed by atoms with Gasteiger partial charge in [-0.05, 0) is 37.0 Å². The van der Waals surface area contributed by atoms with Crippen molar-refractivity contribution in [1.29, 1.82) is 0 Å². The summed E-state index contributed by atoms with van der Waals surface area (Å²) in [7, 11) is 0. The van der Waals surface area contributed by atoms with Gasteiger partial charge in [-0.2, -0.15) is 0 Å². The molecule has 1 fully saturated rings. The molecule has 0 aromatic rings. The van der Waals surface area contributed by atoms with E-state index in [1.807, 2.05) is 0 Å². The Balaban J connectivity index is 2.46. The first kappa shape index (κ1) is 12.0. The topological polar surface area (TPSA) is 26.0 Å². The molecule has 1 rings (SSSR count). The van der Waals surface area contributed by atoms with Crippen molar-refractivity contribution in [3.63, 3.8) is 0 Å². The van der Waals surface area contributed by atoms with Gasteiger partial charge in [-0.25, -0.2) is 0 Å². The van der Waals surface area contributed by atoms with Crippen LogP contribution in [-0.2, 0) is 0 Å². The Kier molecular flexibility index (Phi) is 4.94. The number of hydrogen-bond donors (Lipinski definition) is 1. The summed E-state index contributed by atoms with van der Waals surface area (Å²) in [5.74, 6) is 2.59. The molecule has 1 heteroatoms. The summed E-state index contributed by atoms with van der Waals surface area (Å²) in [6.07, 6.45) is 8.08. The third kappa shape index (κ3) is 2.98. The number of hydrogen-bond acceptors (Lipinski definition) is 1. The first-order valence-corrected chi connectivity index (χ1v) is 6.44. The van der Waals surface area contributed by atoms with Gasteiger partial charge in [-0.3, -0.25) is 0 Å². The van der Waals surface area contributed by atoms with Gasteiger partial charge in [-0.1, -0.05) is 40.0 Å². The van der Waals surface area contributed by atoms with Crippen LogP contribution in [0.1, 0.15) is 59.3 Å². The van der Waals surface area contributed by atoms with Crippen LogP contribution in [0.5, 0.6) is 0 Å². The normalized spacial score (nSPS) is 35.6. The lowest BCUT2D eigenvalue weighted by atomic mass is 9.71. The Morgan fingerprint density at radius 3 is 2.57 bits per heavy atom. The van der Waals surface area contributed by atoms with Crippen molar-refractivity contribution < 1.29 is 0 Å². The van der Waals surface area contributed by atoms with Crippen LogP contribution in [0.25, 0.3) is 0 Å². The van der Waals surface area contributed by atoms with Crippen LogP contribution in [0.3, 0.4) is 0 Å². The van der Waals surface area contributed by atoms with Crippen LogP contribution < -0.4 is 5.73 Å². The second-order valence-corrected chi connectivity index (χ2v) is 5.18. The fourth-order valence-corrected chi connectivity index (χ4v) is 2.95. The molecule has 2 N–H and O–H groups in total. The molecule has 0 amide bonds. The molecule has 0 saturated heterocycles. The molecule has 0 spiro atoms. The van der Waals surface area contributed by atoms with Crippen molar-refractivity contribution in [2.45, 2.75) is 65.3 Å². The predicted molar refractivity (Wildman–Crippen MR) is 63.2 cm³/mol. The van der Waals surface area contributed by atoms with Gasteiger partial charge in [0.15, 0.2) is 0 Å².